The zero-order valence-corrected chi connectivity index (χ0v) is 14.4. The van der Waals surface area contributed by atoms with Crippen molar-refractivity contribution in [1.82, 2.24) is 4.90 Å². The maximum atomic E-state index is 12.3. The predicted octanol–water partition coefficient (Wildman–Crippen LogP) is 2.77. The zero-order valence-electron chi connectivity index (χ0n) is 14.4. The molecule has 0 heterocycles. The molecule has 1 amide bonds. The van der Waals surface area contributed by atoms with Crippen LogP contribution in [-0.2, 0) is 20.7 Å². The summed E-state index contributed by atoms with van der Waals surface area (Å²) in [4.78, 5) is 25.7. The number of aryl methyl sites for hydroxylation is 1. The number of rotatable bonds is 5. The van der Waals surface area contributed by atoms with Crippen molar-refractivity contribution >= 4 is 11.9 Å². The van der Waals surface area contributed by atoms with Crippen molar-refractivity contribution in [2.45, 2.75) is 51.0 Å². The molecule has 0 aliphatic heterocycles. The van der Waals surface area contributed by atoms with E-state index in [1.54, 1.807) is 7.05 Å². The lowest BCUT2D eigenvalue weighted by molar-refractivity contribution is -0.153. The quantitative estimate of drug-likeness (QED) is 0.779. The van der Waals surface area contributed by atoms with Crippen LogP contribution in [0.15, 0.2) is 24.3 Å². The SMILES string of the molecule is Cc1ccc(CC(=O)OCC(=O)N(C)C2(C#N)CCCCC2)cc1. The van der Waals surface area contributed by atoms with Gasteiger partial charge in [-0.3, -0.25) is 9.59 Å². The van der Waals surface area contributed by atoms with E-state index in [-0.39, 0.29) is 18.9 Å². The van der Waals surface area contributed by atoms with Crippen molar-refractivity contribution < 1.29 is 14.3 Å². The van der Waals surface area contributed by atoms with E-state index in [9.17, 15) is 14.9 Å². The van der Waals surface area contributed by atoms with Crippen LogP contribution < -0.4 is 0 Å². The minimum absolute atomic E-state index is 0.140. The third-order valence-electron chi connectivity index (χ3n) is 4.73. The van der Waals surface area contributed by atoms with Crippen LogP contribution in [0.3, 0.4) is 0 Å². The molecule has 1 aromatic rings. The highest BCUT2D eigenvalue weighted by Gasteiger charge is 2.38. The molecule has 0 radical (unpaired) electrons. The number of nitriles is 1. The summed E-state index contributed by atoms with van der Waals surface area (Å²) in [6.07, 6.45) is 4.49. The molecule has 0 aromatic heterocycles. The number of nitrogens with zero attached hydrogens (tertiary/aromatic N) is 2. The number of carbonyl (C=O) groups is 2. The van der Waals surface area contributed by atoms with Crippen LogP contribution in [0.4, 0.5) is 0 Å². The Bertz CT molecular complexity index is 625. The van der Waals surface area contributed by atoms with Gasteiger partial charge in [-0.2, -0.15) is 5.26 Å². The van der Waals surface area contributed by atoms with Gasteiger partial charge in [-0.25, -0.2) is 0 Å². The molecule has 0 unspecified atom stereocenters. The number of benzene rings is 1. The number of carbonyl (C=O) groups excluding carboxylic acids is 2. The van der Waals surface area contributed by atoms with Crippen LogP contribution in [0.1, 0.15) is 43.2 Å². The highest BCUT2D eigenvalue weighted by molar-refractivity contribution is 5.82. The zero-order chi connectivity index (χ0) is 17.6. The average Bonchev–Trinajstić information content (AvgIpc) is 2.61. The van der Waals surface area contributed by atoms with Gasteiger partial charge in [0.05, 0.1) is 12.5 Å². The summed E-state index contributed by atoms with van der Waals surface area (Å²) in [6, 6.07) is 9.90. The lowest BCUT2D eigenvalue weighted by Crippen LogP contribution is -2.51. The first-order valence-electron chi connectivity index (χ1n) is 8.36. The fourth-order valence-electron chi connectivity index (χ4n) is 3.06. The Morgan fingerprint density at radius 2 is 1.83 bits per heavy atom. The van der Waals surface area contributed by atoms with Crippen molar-refractivity contribution in [2.75, 3.05) is 13.7 Å². The maximum Gasteiger partial charge on any atom is 0.310 e. The topological polar surface area (TPSA) is 70.4 Å². The van der Waals surface area contributed by atoms with Gasteiger partial charge in [-0.15, -0.1) is 0 Å². The summed E-state index contributed by atoms with van der Waals surface area (Å²) in [5.41, 5.74) is 1.23. The summed E-state index contributed by atoms with van der Waals surface area (Å²) in [5, 5.41) is 9.50. The van der Waals surface area contributed by atoms with Crippen LogP contribution in [0.25, 0.3) is 0 Å². The predicted molar refractivity (Wildman–Crippen MR) is 90.0 cm³/mol. The molecule has 0 saturated heterocycles. The van der Waals surface area contributed by atoms with Crippen molar-refractivity contribution in [1.29, 1.82) is 5.26 Å². The maximum absolute atomic E-state index is 12.3. The lowest BCUT2D eigenvalue weighted by Gasteiger charge is -2.38. The van der Waals surface area contributed by atoms with E-state index in [2.05, 4.69) is 6.07 Å². The number of hydrogen-bond donors (Lipinski definition) is 0. The molecule has 1 aliphatic carbocycles. The van der Waals surface area contributed by atoms with Crippen molar-refractivity contribution in [2.24, 2.45) is 0 Å². The van der Waals surface area contributed by atoms with E-state index in [4.69, 9.17) is 4.74 Å². The minimum Gasteiger partial charge on any atom is -0.455 e. The van der Waals surface area contributed by atoms with Crippen LogP contribution in [-0.4, -0.2) is 36.0 Å². The summed E-state index contributed by atoms with van der Waals surface area (Å²) < 4.78 is 5.10. The summed E-state index contributed by atoms with van der Waals surface area (Å²) in [6.45, 7) is 1.66. The molecule has 1 aromatic carbocycles. The number of esters is 1. The van der Waals surface area contributed by atoms with Crippen LogP contribution in [0, 0.1) is 18.3 Å². The average molecular weight is 328 g/mol. The first-order valence-corrected chi connectivity index (χ1v) is 8.36. The van der Waals surface area contributed by atoms with Crippen molar-refractivity contribution in [3.05, 3.63) is 35.4 Å². The second-order valence-corrected chi connectivity index (χ2v) is 6.48. The molecule has 1 saturated carbocycles. The molecule has 1 fully saturated rings. The highest BCUT2D eigenvalue weighted by Crippen LogP contribution is 2.32. The number of likely N-dealkylation sites (N-methyl/N-ethyl adjacent to an activating group) is 1. The second kappa shape index (κ2) is 7.96. The Morgan fingerprint density at radius 3 is 2.42 bits per heavy atom. The molecule has 5 heteroatoms. The molecule has 1 aliphatic rings. The Balaban J connectivity index is 1.86. The number of amides is 1. The molecular formula is C19H24N2O3. The van der Waals surface area contributed by atoms with E-state index in [0.29, 0.717) is 12.8 Å². The Kier molecular flexibility index (Phi) is 5.97. The van der Waals surface area contributed by atoms with Crippen LogP contribution in [0.2, 0.25) is 0 Å². The fourth-order valence-corrected chi connectivity index (χ4v) is 3.06. The Morgan fingerprint density at radius 1 is 1.21 bits per heavy atom. The van der Waals surface area contributed by atoms with Gasteiger partial charge in [0, 0.05) is 7.05 Å². The summed E-state index contributed by atoms with van der Waals surface area (Å²) in [5.74, 6) is -0.758. The number of ether oxygens (including phenoxy) is 1. The van der Waals surface area contributed by atoms with E-state index in [0.717, 1.165) is 30.4 Å². The van der Waals surface area contributed by atoms with Gasteiger partial charge in [0.25, 0.3) is 5.91 Å². The third kappa shape index (κ3) is 4.35. The lowest BCUT2D eigenvalue weighted by atomic mass is 9.81. The van der Waals surface area contributed by atoms with Gasteiger partial charge >= 0.3 is 5.97 Å². The fraction of sp³-hybridized carbons (Fsp3) is 0.526. The van der Waals surface area contributed by atoms with Crippen molar-refractivity contribution in [3.8, 4) is 6.07 Å². The van der Waals surface area contributed by atoms with E-state index in [1.807, 2.05) is 31.2 Å². The third-order valence-corrected chi connectivity index (χ3v) is 4.73. The monoisotopic (exact) mass is 328 g/mol. The molecular weight excluding hydrogens is 304 g/mol. The Hall–Kier alpha value is -2.35. The first-order chi connectivity index (χ1) is 11.5. The first kappa shape index (κ1) is 18.0. The molecule has 0 N–H and O–H groups in total. The number of hydrogen-bond acceptors (Lipinski definition) is 4. The van der Waals surface area contributed by atoms with E-state index < -0.39 is 11.5 Å². The second-order valence-electron chi connectivity index (χ2n) is 6.48. The van der Waals surface area contributed by atoms with Crippen molar-refractivity contribution in [3.63, 3.8) is 0 Å². The largest absolute Gasteiger partial charge is 0.455 e. The van der Waals surface area contributed by atoms with Gasteiger partial charge in [-0.05, 0) is 25.3 Å². The molecule has 128 valence electrons. The molecule has 2 rings (SSSR count). The molecule has 0 bridgehead atoms. The van der Waals surface area contributed by atoms with Crippen LogP contribution >= 0.6 is 0 Å². The normalized spacial score (nSPS) is 16.0. The summed E-state index contributed by atoms with van der Waals surface area (Å²) in [7, 11) is 1.63. The molecule has 5 nitrogen and oxygen atoms in total. The molecule has 24 heavy (non-hydrogen) atoms. The van der Waals surface area contributed by atoms with Gasteiger partial charge in [-0.1, -0.05) is 49.1 Å². The van der Waals surface area contributed by atoms with Gasteiger partial charge in [0.15, 0.2) is 6.61 Å². The van der Waals surface area contributed by atoms with Gasteiger partial charge in [0.2, 0.25) is 0 Å². The highest BCUT2D eigenvalue weighted by atomic mass is 16.5. The summed E-state index contributed by atoms with van der Waals surface area (Å²) >= 11 is 0. The minimum atomic E-state index is -0.751. The smallest absolute Gasteiger partial charge is 0.310 e. The van der Waals surface area contributed by atoms with Crippen LogP contribution in [0.5, 0.6) is 0 Å². The Labute approximate surface area is 143 Å². The molecule has 0 atom stereocenters. The molecule has 0 spiro atoms. The standard InChI is InChI=1S/C19H24N2O3/c1-15-6-8-16(9-7-15)12-18(23)24-13-17(22)21(2)19(14-20)10-4-3-5-11-19/h6-9H,3-5,10-13H2,1-2H3. The van der Waals surface area contributed by atoms with E-state index >= 15 is 0 Å². The van der Waals surface area contributed by atoms with Gasteiger partial charge in [0.1, 0.15) is 5.54 Å². The van der Waals surface area contributed by atoms with E-state index in [1.165, 1.54) is 4.90 Å². The van der Waals surface area contributed by atoms with Gasteiger partial charge < -0.3 is 9.64 Å².